The van der Waals surface area contributed by atoms with E-state index < -0.39 is 0 Å². The topological polar surface area (TPSA) is 63.8 Å². The van der Waals surface area contributed by atoms with Crippen molar-refractivity contribution in [2.24, 2.45) is 0 Å². The van der Waals surface area contributed by atoms with Crippen LogP contribution < -0.4 is 11.1 Å². The maximum absolute atomic E-state index is 5.70. The minimum Gasteiger partial charge on any atom is -0.393 e. The number of nitrogens with zero attached hydrogens (tertiary/aromatic N) is 2. The molecule has 4 nitrogen and oxygen atoms in total. The van der Waals surface area contributed by atoms with Gasteiger partial charge in [-0.1, -0.05) is 11.6 Å². The Morgan fingerprint density at radius 1 is 1.31 bits per heavy atom. The van der Waals surface area contributed by atoms with Crippen molar-refractivity contribution in [3.8, 4) is 0 Å². The number of rotatable bonds is 2. The Morgan fingerprint density at radius 2 is 1.92 bits per heavy atom. The van der Waals surface area contributed by atoms with E-state index in [1.54, 1.807) is 0 Å². The Labute approximate surface area is 86.5 Å². The lowest BCUT2D eigenvalue weighted by Gasteiger charge is -2.11. The third kappa shape index (κ3) is 2.60. The van der Waals surface area contributed by atoms with Gasteiger partial charge in [-0.15, -0.1) is 0 Å². The minimum atomic E-state index is 0.0855. The highest BCUT2D eigenvalue weighted by Crippen LogP contribution is 2.25. The molecular weight excluding hydrogens is 211 g/mol. The SMILES string of the molecule is CC(C)Nc1nc(Cl)nc(Cl)c1N. The van der Waals surface area contributed by atoms with Gasteiger partial charge in [-0.25, -0.2) is 4.98 Å². The van der Waals surface area contributed by atoms with Crippen LogP contribution in [0.25, 0.3) is 0 Å². The van der Waals surface area contributed by atoms with Crippen LogP contribution in [0.4, 0.5) is 11.5 Å². The average Bonchev–Trinajstić information content (AvgIpc) is 1.98. The molecule has 0 unspecified atom stereocenters. The molecule has 0 bridgehead atoms. The molecule has 0 aliphatic rings. The van der Waals surface area contributed by atoms with Gasteiger partial charge < -0.3 is 11.1 Å². The molecule has 0 aliphatic heterocycles. The van der Waals surface area contributed by atoms with E-state index in [4.69, 9.17) is 28.9 Å². The summed E-state index contributed by atoms with van der Waals surface area (Å²) < 4.78 is 0. The summed E-state index contributed by atoms with van der Waals surface area (Å²) in [7, 11) is 0. The fourth-order valence-corrected chi connectivity index (χ4v) is 1.18. The summed E-state index contributed by atoms with van der Waals surface area (Å²) in [6.45, 7) is 3.92. The first-order valence-corrected chi connectivity index (χ1v) is 4.51. The zero-order valence-corrected chi connectivity index (χ0v) is 8.82. The summed E-state index contributed by atoms with van der Waals surface area (Å²) in [6.07, 6.45) is 0. The van der Waals surface area contributed by atoms with E-state index >= 15 is 0 Å². The van der Waals surface area contributed by atoms with Crippen molar-refractivity contribution in [3.63, 3.8) is 0 Å². The fourth-order valence-electron chi connectivity index (χ4n) is 0.800. The van der Waals surface area contributed by atoms with E-state index in [9.17, 15) is 0 Å². The highest BCUT2D eigenvalue weighted by atomic mass is 35.5. The Morgan fingerprint density at radius 3 is 2.46 bits per heavy atom. The molecule has 0 saturated heterocycles. The summed E-state index contributed by atoms with van der Waals surface area (Å²) in [5.74, 6) is 0.472. The second kappa shape index (κ2) is 3.98. The summed E-state index contributed by atoms with van der Waals surface area (Å²) >= 11 is 11.3. The lowest BCUT2D eigenvalue weighted by Crippen LogP contribution is -2.13. The molecule has 0 atom stereocenters. The first kappa shape index (κ1) is 10.3. The zero-order chi connectivity index (χ0) is 10.0. The molecule has 0 fully saturated rings. The van der Waals surface area contributed by atoms with E-state index in [0.717, 1.165) is 0 Å². The third-order valence-electron chi connectivity index (χ3n) is 1.30. The second-order valence-corrected chi connectivity index (χ2v) is 3.54. The number of aromatic nitrogens is 2. The summed E-state index contributed by atoms with van der Waals surface area (Å²) in [5, 5.41) is 3.26. The first-order chi connectivity index (χ1) is 6.00. The molecule has 0 aromatic carbocycles. The van der Waals surface area contributed by atoms with E-state index in [2.05, 4.69) is 15.3 Å². The van der Waals surface area contributed by atoms with E-state index in [1.165, 1.54) is 0 Å². The molecule has 6 heteroatoms. The summed E-state index contributed by atoms with van der Waals surface area (Å²) in [5.41, 5.74) is 5.94. The van der Waals surface area contributed by atoms with E-state index in [0.29, 0.717) is 11.5 Å². The Kier molecular flexibility index (Phi) is 3.17. The molecule has 3 N–H and O–H groups in total. The van der Waals surface area contributed by atoms with Gasteiger partial charge in [-0.2, -0.15) is 4.98 Å². The monoisotopic (exact) mass is 220 g/mol. The van der Waals surface area contributed by atoms with Crippen LogP contribution in [-0.4, -0.2) is 16.0 Å². The summed E-state index contributed by atoms with van der Waals surface area (Å²) in [4.78, 5) is 7.60. The normalized spacial score (nSPS) is 10.5. The Balaban J connectivity index is 3.05. The van der Waals surface area contributed by atoms with Gasteiger partial charge in [0.05, 0.1) is 0 Å². The number of nitrogens with one attached hydrogen (secondary N) is 1. The molecular formula is C7H10Cl2N4. The highest BCUT2D eigenvalue weighted by Gasteiger charge is 2.09. The van der Waals surface area contributed by atoms with Crippen LogP contribution in [0.3, 0.4) is 0 Å². The second-order valence-electron chi connectivity index (χ2n) is 2.84. The number of nitrogen functional groups attached to an aromatic ring is 1. The predicted molar refractivity (Wildman–Crippen MR) is 55.2 cm³/mol. The van der Waals surface area contributed by atoms with Gasteiger partial charge in [0.1, 0.15) is 5.69 Å². The van der Waals surface area contributed by atoms with Gasteiger partial charge in [0.2, 0.25) is 5.28 Å². The molecule has 0 saturated carbocycles. The van der Waals surface area contributed by atoms with Crippen LogP contribution in [0.15, 0.2) is 0 Å². The van der Waals surface area contributed by atoms with Crippen LogP contribution in [0, 0.1) is 0 Å². The average molecular weight is 221 g/mol. The van der Waals surface area contributed by atoms with Crippen LogP contribution in [-0.2, 0) is 0 Å². The van der Waals surface area contributed by atoms with Gasteiger partial charge in [0, 0.05) is 6.04 Å². The molecule has 1 aromatic heterocycles. The minimum absolute atomic E-state index is 0.0855. The zero-order valence-electron chi connectivity index (χ0n) is 7.31. The lowest BCUT2D eigenvalue weighted by atomic mass is 10.4. The van der Waals surface area contributed by atoms with Crippen molar-refractivity contribution in [2.45, 2.75) is 19.9 Å². The molecule has 0 radical (unpaired) electrons. The number of halogens is 2. The van der Waals surface area contributed by atoms with Crippen LogP contribution in [0.1, 0.15) is 13.8 Å². The molecule has 0 spiro atoms. The van der Waals surface area contributed by atoms with Gasteiger partial charge in [0.25, 0.3) is 0 Å². The van der Waals surface area contributed by atoms with Crippen molar-refractivity contribution in [1.29, 1.82) is 0 Å². The lowest BCUT2D eigenvalue weighted by molar-refractivity contribution is 0.887. The van der Waals surface area contributed by atoms with E-state index in [-0.39, 0.29) is 16.5 Å². The molecule has 72 valence electrons. The van der Waals surface area contributed by atoms with Crippen LogP contribution in [0.2, 0.25) is 10.4 Å². The van der Waals surface area contributed by atoms with Crippen molar-refractivity contribution >= 4 is 34.7 Å². The quantitative estimate of drug-likeness (QED) is 0.593. The maximum Gasteiger partial charge on any atom is 0.225 e. The first-order valence-electron chi connectivity index (χ1n) is 3.75. The predicted octanol–water partition coefficient (Wildman–Crippen LogP) is 2.19. The van der Waals surface area contributed by atoms with Crippen LogP contribution in [0.5, 0.6) is 0 Å². The third-order valence-corrected chi connectivity index (χ3v) is 1.75. The van der Waals surface area contributed by atoms with Crippen molar-refractivity contribution in [2.75, 3.05) is 11.1 Å². The maximum atomic E-state index is 5.70. The number of hydrogen-bond acceptors (Lipinski definition) is 4. The number of anilines is 2. The molecule has 1 aromatic rings. The fraction of sp³-hybridized carbons (Fsp3) is 0.429. The van der Waals surface area contributed by atoms with Crippen molar-refractivity contribution in [1.82, 2.24) is 9.97 Å². The molecule has 0 amide bonds. The van der Waals surface area contributed by atoms with Gasteiger partial charge in [-0.05, 0) is 25.4 Å². The number of nitrogens with two attached hydrogens (primary N) is 1. The van der Waals surface area contributed by atoms with E-state index in [1.807, 2.05) is 13.8 Å². The number of hydrogen-bond donors (Lipinski definition) is 2. The molecule has 0 aliphatic carbocycles. The molecule has 13 heavy (non-hydrogen) atoms. The van der Waals surface area contributed by atoms with Gasteiger partial charge >= 0.3 is 0 Å². The van der Waals surface area contributed by atoms with Gasteiger partial charge in [0.15, 0.2) is 11.0 Å². The molecule has 1 rings (SSSR count). The highest BCUT2D eigenvalue weighted by molar-refractivity contribution is 6.34. The Hall–Kier alpha value is -0.740. The van der Waals surface area contributed by atoms with Crippen LogP contribution >= 0.6 is 23.2 Å². The summed E-state index contributed by atoms with van der Waals surface area (Å²) in [6, 6.07) is 0.212. The van der Waals surface area contributed by atoms with Gasteiger partial charge in [-0.3, -0.25) is 0 Å². The Bertz CT molecular complexity index is 314. The van der Waals surface area contributed by atoms with Crippen molar-refractivity contribution in [3.05, 3.63) is 10.4 Å². The van der Waals surface area contributed by atoms with Crippen molar-refractivity contribution < 1.29 is 0 Å². The molecule has 1 heterocycles. The standard InChI is InChI=1S/C7H10Cl2N4/c1-3(2)11-6-4(10)5(8)12-7(9)13-6/h3H,10H2,1-2H3,(H,11,12,13). The smallest absolute Gasteiger partial charge is 0.225 e. The largest absolute Gasteiger partial charge is 0.393 e.